The van der Waals surface area contributed by atoms with Gasteiger partial charge in [-0.1, -0.05) is 6.92 Å². The maximum absolute atomic E-state index is 12.6. The van der Waals surface area contributed by atoms with Gasteiger partial charge in [0.2, 0.25) is 0 Å². The van der Waals surface area contributed by atoms with Crippen molar-refractivity contribution in [3.8, 4) is 5.75 Å². The van der Waals surface area contributed by atoms with Crippen LogP contribution in [0.3, 0.4) is 0 Å². The van der Waals surface area contributed by atoms with Crippen LogP contribution >= 0.6 is 0 Å². The normalized spacial score (nSPS) is 13.6. The number of esters is 1. The monoisotopic (exact) mass is 412 g/mol. The molecule has 30 heavy (non-hydrogen) atoms. The lowest BCUT2D eigenvalue weighted by Gasteiger charge is -2.30. The van der Waals surface area contributed by atoms with Gasteiger partial charge in [-0.05, 0) is 55.8 Å². The number of morpholine rings is 1. The van der Waals surface area contributed by atoms with Gasteiger partial charge in [0.15, 0.2) is 0 Å². The number of nitrogens with one attached hydrogen (secondary N) is 1. The highest BCUT2D eigenvalue weighted by Crippen LogP contribution is 2.26. The second-order valence-electron chi connectivity index (χ2n) is 6.88. The van der Waals surface area contributed by atoms with E-state index in [0.29, 0.717) is 49.7 Å². The van der Waals surface area contributed by atoms with Crippen LogP contribution in [-0.4, -0.2) is 51.4 Å². The number of ether oxygens (including phenoxy) is 3. The van der Waals surface area contributed by atoms with Gasteiger partial charge in [-0.25, -0.2) is 4.79 Å². The second-order valence-corrected chi connectivity index (χ2v) is 6.88. The Bertz CT molecular complexity index is 860. The SMILES string of the molecule is CCCOc1ccc(C(=O)Nc2ccc(N3CCOCC3)c(C(=O)OCC)c2)cc1. The summed E-state index contributed by atoms with van der Waals surface area (Å²) in [7, 11) is 0. The van der Waals surface area contributed by atoms with Crippen LogP contribution in [0.25, 0.3) is 0 Å². The molecule has 3 rings (SSSR count). The Morgan fingerprint density at radius 3 is 2.47 bits per heavy atom. The van der Waals surface area contributed by atoms with Crippen molar-refractivity contribution in [3.63, 3.8) is 0 Å². The van der Waals surface area contributed by atoms with Gasteiger partial charge in [-0.3, -0.25) is 4.79 Å². The Kier molecular flexibility index (Phi) is 7.68. The lowest BCUT2D eigenvalue weighted by atomic mass is 10.1. The average molecular weight is 412 g/mol. The zero-order valence-corrected chi connectivity index (χ0v) is 17.5. The van der Waals surface area contributed by atoms with E-state index in [1.807, 2.05) is 13.0 Å². The molecule has 0 aromatic heterocycles. The number of nitrogens with zero attached hydrogens (tertiary/aromatic N) is 1. The molecule has 0 saturated carbocycles. The average Bonchev–Trinajstić information content (AvgIpc) is 2.78. The largest absolute Gasteiger partial charge is 0.494 e. The van der Waals surface area contributed by atoms with Crippen molar-refractivity contribution < 1.29 is 23.8 Å². The van der Waals surface area contributed by atoms with Crippen LogP contribution in [0.2, 0.25) is 0 Å². The van der Waals surface area contributed by atoms with Crippen molar-refractivity contribution in [2.45, 2.75) is 20.3 Å². The van der Waals surface area contributed by atoms with Crippen LogP contribution in [0, 0.1) is 0 Å². The van der Waals surface area contributed by atoms with Gasteiger partial charge in [0.05, 0.1) is 37.7 Å². The van der Waals surface area contributed by atoms with Crippen molar-refractivity contribution in [2.75, 3.05) is 49.7 Å². The minimum absolute atomic E-state index is 0.258. The van der Waals surface area contributed by atoms with Crippen molar-refractivity contribution >= 4 is 23.3 Å². The molecule has 0 spiro atoms. The Balaban J connectivity index is 1.77. The lowest BCUT2D eigenvalue weighted by Crippen LogP contribution is -2.37. The van der Waals surface area contributed by atoms with Crippen molar-refractivity contribution in [3.05, 3.63) is 53.6 Å². The maximum atomic E-state index is 12.6. The third-order valence-corrected chi connectivity index (χ3v) is 4.69. The molecule has 2 aromatic rings. The summed E-state index contributed by atoms with van der Waals surface area (Å²) in [6.45, 7) is 7.34. The minimum Gasteiger partial charge on any atom is -0.494 e. The van der Waals surface area contributed by atoms with Crippen LogP contribution in [0.15, 0.2) is 42.5 Å². The summed E-state index contributed by atoms with van der Waals surface area (Å²) in [5.74, 6) is 0.0614. The van der Waals surface area contributed by atoms with Crippen LogP contribution < -0.4 is 15.0 Å². The van der Waals surface area contributed by atoms with E-state index in [1.54, 1.807) is 43.3 Å². The summed E-state index contributed by atoms with van der Waals surface area (Å²) in [6, 6.07) is 12.3. The molecule has 0 atom stereocenters. The van der Waals surface area contributed by atoms with E-state index in [4.69, 9.17) is 14.2 Å². The Hall–Kier alpha value is -3.06. The van der Waals surface area contributed by atoms with Gasteiger partial charge < -0.3 is 24.4 Å². The smallest absolute Gasteiger partial charge is 0.340 e. The van der Waals surface area contributed by atoms with E-state index >= 15 is 0 Å². The predicted molar refractivity (Wildman–Crippen MR) is 116 cm³/mol. The van der Waals surface area contributed by atoms with E-state index in [9.17, 15) is 9.59 Å². The highest BCUT2D eigenvalue weighted by atomic mass is 16.5. The molecule has 160 valence electrons. The van der Waals surface area contributed by atoms with Gasteiger partial charge in [-0.15, -0.1) is 0 Å². The molecule has 7 nitrogen and oxygen atoms in total. The van der Waals surface area contributed by atoms with Crippen LogP contribution in [0.5, 0.6) is 5.75 Å². The highest BCUT2D eigenvalue weighted by molar-refractivity contribution is 6.05. The second kappa shape index (κ2) is 10.6. The molecular formula is C23H28N2O5. The fourth-order valence-electron chi connectivity index (χ4n) is 3.19. The fraction of sp³-hybridized carbons (Fsp3) is 0.391. The molecule has 0 bridgehead atoms. The molecule has 0 radical (unpaired) electrons. The van der Waals surface area contributed by atoms with Crippen LogP contribution in [0.1, 0.15) is 41.0 Å². The van der Waals surface area contributed by atoms with Gasteiger partial charge in [0.25, 0.3) is 5.91 Å². The first-order valence-corrected chi connectivity index (χ1v) is 10.3. The number of carbonyl (C=O) groups excluding carboxylic acids is 2. The first-order valence-electron chi connectivity index (χ1n) is 10.3. The molecule has 1 heterocycles. The van der Waals surface area contributed by atoms with Crippen molar-refractivity contribution in [1.29, 1.82) is 0 Å². The maximum Gasteiger partial charge on any atom is 0.340 e. The van der Waals surface area contributed by atoms with E-state index in [0.717, 1.165) is 17.9 Å². The quantitative estimate of drug-likeness (QED) is 0.666. The number of benzene rings is 2. The number of hydrogen-bond donors (Lipinski definition) is 1. The summed E-state index contributed by atoms with van der Waals surface area (Å²) in [4.78, 5) is 27.3. The molecule has 1 N–H and O–H groups in total. The number of hydrogen-bond acceptors (Lipinski definition) is 6. The first kappa shape index (κ1) is 21.6. The van der Waals surface area contributed by atoms with Gasteiger partial charge in [0, 0.05) is 24.3 Å². The van der Waals surface area contributed by atoms with Gasteiger partial charge in [-0.2, -0.15) is 0 Å². The van der Waals surface area contributed by atoms with E-state index in [1.165, 1.54) is 0 Å². The molecule has 1 saturated heterocycles. The summed E-state index contributed by atoms with van der Waals surface area (Å²) in [5.41, 5.74) is 2.26. The summed E-state index contributed by atoms with van der Waals surface area (Å²) in [6.07, 6.45) is 0.922. The molecular weight excluding hydrogens is 384 g/mol. The molecule has 2 aromatic carbocycles. The summed E-state index contributed by atoms with van der Waals surface area (Å²) >= 11 is 0. The molecule has 1 aliphatic heterocycles. The molecule has 0 aliphatic carbocycles. The third kappa shape index (κ3) is 5.51. The zero-order chi connectivity index (χ0) is 21.3. The van der Waals surface area contributed by atoms with Gasteiger partial charge >= 0.3 is 5.97 Å². The van der Waals surface area contributed by atoms with E-state index < -0.39 is 5.97 Å². The summed E-state index contributed by atoms with van der Waals surface area (Å²) in [5, 5.41) is 2.86. The number of anilines is 2. The van der Waals surface area contributed by atoms with Crippen molar-refractivity contribution in [2.24, 2.45) is 0 Å². The Labute approximate surface area is 176 Å². The molecule has 0 unspecified atom stereocenters. The minimum atomic E-state index is -0.410. The lowest BCUT2D eigenvalue weighted by molar-refractivity contribution is 0.0526. The van der Waals surface area contributed by atoms with Crippen LogP contribution in [0.4, 0.5) is 11.4 Å². The van der Waals surface area contributed by atoms with Crippen molar-refractivity contribution in [1.82, 2.24) is 0 Å². The fourth-order valence-corrected chi connectivity index (χ4v) is 3.19. The van der Waals surface area contributed by atoms with E-state index in [-0.39, 0.29) is 12.5 Å². The number of amides is 1. The highest BCUT2D eigenvalue weighted by Gasteiger charge is 2.21. The Morgan fingerprint density at radius 2 is 1.80 bits per heavy atom. The zero-order valence-electron chi connectivity index (χ0n) is 17.5. The topological polar surface area (TPSA) is 77.1 Å². The van der Waals surface area contributed by atoms with Crippen LogP contribution in [-0.2, 0) is 9.47 Å². The first-order chi connectivity index (χ1) is 14.6. The number of carbonyl (C=O) groups is 2. The van der Waals surface area contributed by atoms with Gasteiger partial charge in [0.1, 0.15) is 5.75 Å². The summed E-state index contributed by atoms with van der Waals surface area (Å²) < 4.78 is 16.2. The molecule has 1 amide bonds. The molecule has 1 aliphatic rings. The predicted octanol–water partition coefficient (Wildman–Crippen LogP) is 3.74. The third-order valence-electron chi connectivity index (χ3n) is 4.69. The standard InChI is InChI=1S/C23H28N2O5/c1-3-13-30-19-8-5-17(6-9-19)22(26)24-18-7-10-21(25-11-14-28-15-12-25)20(16-18)23(27)29-4-2/h5-10,16H,3-4,11-15H2,1-2H3,(H,24,26). The number of rotatable bonds is 8. The molecule has 7 heteroatoms. The van der Waals surface area contributed by atoms with E-state index in [2.05, 4.69) is 10.2 Å². The molecule has 1 fully saturated rings. The Morgan fingerprint density at radius 1 is 1.07 bits per heavy atom.